The second-order valence-corrected chi connectivity index (χ2v) is 9.18. The Kier molecular flexibility index (Phi) is 6.73. The number of aromatic hydroxyl groups is 1. The van der Waals surface area contributed by atoms with E-state index in [1.165, 1.54) is 0 Å². The van der Waals surface area contributed by atoms with Gasteiger partial charge in [0.2, 0.25) is 0 Å². The lowest BCUT2D eigenvalue weighted by molar-refractivity contribution is -0.119. The van der Waals surface area contributed by atoms with Crippen LogP contribution in [0.15, 0.2) is 66.7 Å². The van der Waals surface area contributed by atoms with E-state index in [2.05, 4.69) is 5.32 Å². The second-order valence-electron chi connectivity index (χ2n) is 9.18. The molecule has 0 radical (unpaired) electrons. The number of allylic oxidation sites excluding steroid dienone is 1. The lowest BCUT2D eigenvalue weighted by atomic mass is 10.0. The number of rotatable bonds is 6. The van der Waals surface area contributed by atoms with Crippen LogP contribution in [-0.4, -0.2) is 28.6 Å². The fourth-order valence-corrected chi connectivity index (χ4v) is 4.86. The number of aromatic nitrogens is 1. The number of fused-ring (bicyclic) bond motifs is 2. The van der Waals surface area contributed by atoms with Crippen LogP contribution in [0.3, 0.4) is 0 Å². The Morgan fingerprint density at radius 1 is 1.03 bits per heavy atom. The van der Waals surface area contributed by atoms with Gasteiger partial charge in [-0.05, 0) is 78.3 Å². The van der Waals surface area contributed by atoms with E-state index in [0.29, 0.717) is 22.9 Å². The van der Waals surface area contributed by atoms with Gasteiger partial charge in [-0.25, -0.2) is 9.78 Å². The standard InChI is InChI=1S/C31H28N2O4/c1-3-21-8-6-7-19(2)29(21)33-27(35)18-37-31(36)28-24-9-4-5-10-26(24)32-30-22(13-16-25(28)30)17-20-11-14-23(34)15-12-20/h4-12,14-15,17,34H,3,13,16,18H2,1-2H3,(H,33,35)/b22-17+. The molecular formula is C31H28N2O4. The minimum absolute atomic E-state index is 0.209. The molecule has 0 spiro atoms. The van der Waals surface area contributed by atoms with Crippen molar-refractivity contribution >= 4 is 40.1 Å². The summed E-state index contributed by atoms with van der Waals surface area (Å²) in [6, 6.07) is 20.3. The Bertz CT molecular complexity index is 1540. The van der Waals surface area contributed by atoms with E-state index in [4.69, 9.17) is 9.72 Å². The smallest absolute Gasteiger partial charge is 0.339 e. The molecule has 1 aliphatic carbocycles. The van der Waals surface area contributed by atoms with Crippen LogP contribution in [0.4, 0.5) is 5.69 Å². The molecule has 1 aliphatic rings. The Morgan fingerprint density at radius 3 is 2.59 bits per heavy atom. The molecule has 4 aromatic rings. The highest BCUT2D eigenvalue weighted by Gasteiger charge is 2.28. The second kappa shape index (κ2) is 10.3. The number of hydrogen-bond acceptors (Lipinski definition) is 5. The maximum atomic E-state index is 13.4. The molecule has 6 nitrogen and oxygen atoms in total. The van der Waals surface area contributed by atoms with Crippen molar-refractivity contribution in [2.45, 2.75) is 33.1 Å². The number of esters is 1. The van der Waals surface area contributed by atoms with Crippen LogP contribution < -0.4 is 5.32 Å². The van der Waals surface area contributed by atoms with Gasteiger partial charge >= 0.3 is 5.97 Å². The van der Waals surface area contributed by atoms with E-state index >= 15 is 0 Å². The van der Waals surface area contributed by atoms with Crippen LogP contribution in [-0.2, 0) is 22.4 Å². The molecule has 2 N–H and O–H groups in total. The number of phenols is 1. The van der Waals surface area contributed by atoms with Crippen molar-refractivity contribution in [1.82, 2.24) is 4.98 Å². The zero-order valence-electron chi connectivity index (χ0n) is 20.9. The van der Waals surface area contributed by atoms with Crippen LogP contribution in [0.25, 0.3) is 22.6 Å². The quantitative estimate of drug-likeness (QED) is 0.318. The van der Waals surface area contributed by atoms with Crippen molar-refractivity contribution in [2.24, 2.45) is 0 Å². The topological polar surface area (TPSA) is 88.5 Å². The van der Waals surface area contributed by atoms with Crippen molar-refractivity contribution in [3.63, 3.8) is 0 Å². The maximum Gasteiger partial charge on any atom is 0.339 e. The number of carbonyl (C=O) groups is 2. The van der Waals surface area contributed by atoms with Gasteiger partial charge in [0.1, 0.15) is 5.75 Å². The summed E-state index contributed by atoms with van der Waals surface area (Å²) < 4.78 is 5.55. The average molecular weight is 493 g/mol. The number of anilines is 1. The monoisotopic (exact) mass is 492 g/mol. The molecule has 5 rings (SSSR count). The van der Waals surface area contributed by atoms with Crippen LogP contribution in [0.5, 0.6) is 5.75 Å². The van der Waals surface area contributed by atoms with E-state index < -0.39 is 5.97 Å². The minimum atomic E-state index is -0.531. The number of nitrogens with one attached hydrogen (secondary N) is 1. The molecule has 37 heavy (non-hydrogen) atoms. The van der Waals surface area contributed by atoms with Crippen LogP contribution in [0, 0.1) is 6.92 Å². The normalized spacial score (nSPS) is 13.5. The fraction of sp³-hybridized carbons (Fsp3) is 0.194. The Balaban J connectivity index is 1.43. The van der Waals surface area contributed by atoms with E-state index in [1.807, 2.05) is 74.5 Å². The van der Waals surface area contributed by atoms with Crippen molar-refractivity contribution in [3.8, 4) is 5.75 Å². The number of amides is 1. The number of nitrogens with zero attached hydrogens (tertiary/aromatic N) is 1. The summed E-state index contributed by atoms with van der Waals surface area (Å²) in [7, 11) is 0. The molecule has 186 valence electrons. The number of hydrogen-bond donors (Lipinski definition) is 2. The molecule has 0 saturated heterocycles. The van der Waals surface area contributed by atoms with E-state index in [-0.39, 0.29) is 18.3 Å². The summed E-state index contributed by atoms with van der Waals surface area (Å²) in [5.41, 5.74) is 7.50. The van der Waals surface area contributed by atoms with Crippen LogP contribution in [0.2, 0.25) is 0 Å². The van der Waals surface area contributed by atoms with Gasteiger partial charge in [-0.2, -0.15) is 0 Å². The Labute approximate surface area is 215 Å². The molecule has 1 amide bonds. The summed E-state index contributed by atoms with van der Waals surface area (Å²) in [5, 5.41) is 13.2. The van der Waals surface area contributed by atoms with Gasteiger partial charge in [-0.3, -0.25) is 4.79 Å². The number of phenolic OH excluding ortho intramolecular Hbond substituents is 1. The van der Waals surface area contributed by atoms with Crippen LogP contribution in [0.1, 0.15) is 51.7 Å². The van der Waals surface area contributed by atoms with Gasteiger partial charge in [0.05, 0.1) is 16.8 Å². The van der Waals surface area contributed by atoms with Crippen molar-refractivity contribution < 1.29 is 19.4 Å². The number of aryl methyl sites for hydroxylation is 2. The summed E-state index contributed by atoms with van der Waals surface area (Å²) in [6.45, 7) is 3.60. The molecule has 1 heterocycles. The number of carbonyl (C=O) groups excluding carboxylic acids is 2. The predicted octanol–water partition coefficient (Wildman–Crippen LogP) is 6.09. The lowest BCUT2D eigenvalue weighted by Crippen LogP contribution is -2.22. The molecule has 0 atom stereocenters. The van der Waals surface area contributed by atoms with Crippen LogP contribution >= 0.6 is 0 Å². The van der Waals surface area contributed by atoms with Crippen molar-refractivity contribution in [3.05, 3.63) is 100 Å². The number of para-hydroxylation sites is 2. The molecular weight excluding hydrogens is 464 g/mol. The highest BCUT2D eigenvalue weighted by molar-refractivity contribution is 6.08. The third kappa shape index (κ3) is 4.96. The zero-order valence-corrected chi connectivity index (χ0v) is 20.9. The van der Waals surface area contributed by atoms with Gasteiger partial charge in [-0.1, -0.05) is 55.5 Å². The highest BCUT2D eigenvalue weighted by Crippen LogP contribution is 2.38. The summed E-state index contributed by atoms with van der Waals surface area (Å²) >= 11 is 0. The molecule has 6 heteroatoms. The fourth-order valence-electron chi connectivity index (χ4n) is 4.86. The molecule has 0 saturated carbocycles. The first-order valence-electron chi connectivity index (χ1n) is 12.4. The summed E-state index contributed by atoms with van der Waals surface area (Å²) in [6.07, 6.45) is 4.19. The molecule has 0 bridgehead atoms. The Morgan fingerprint density at radius 2 is 1.81 bits per heavy atom. The predicted molar refractivity (Wildman–Crippen MR) is 146 cm³/mol. The average Bonchev–Trinajstić information content (AvgIpc) is 3.30. The lowest BCUT2D eigenvalue weighted by Gasteiger charge is -2.14. The molecule has 0 fully saturated rings. The molecule has 0 aliphatic heterocycles. The third-order valence-corrected chi connectivity index (χ3v) is 6.72. The molecule has 1 aromatic heterocycles. The van der Waals surface area contributed by atoms with Crippen molar-refractivity contribution in [2.75, 3.05) is 11.9 Å². The number of ether oxygens (including phenoxy) is 1. The first kappa shape index (κ1) is 24.3. The molecule has 3 aromatic carbocycles. The molecule has 0 unspecified atom stereocenters. The summed E-state index contributed by atoms with van der Waals surface area (Å²) in [5.74, 6) is -0.697. The van der Waals surface area contributed by atoms with E-state index in [9.17, 15) is 14.7 Å². The van der Waals surface area contributed by atoms with Gasteiger partial charge in [0, 0.05) is 11.1 Å². The number of benzene rings is 3. The van der Waals surface area contributed by atoms with Gasteiger partial charge in [-0.15, -0.1) is 0 Å². The Hall–Kier alpha value is -4.45. The first-order chi connectivity index (χ1) is 17.9. The van der Waals surface area contributed by atoms with Gasteiger partial charge in [0.25, 0.3) is 5.91 Å². The van der Waals surface area contributed by atoms with E-state index in [1.54, 1.807) is 12.1 Å². The van der Waals surface area contributed by atoms with Gasteiger partial charge in [0.15, 0.2) is 6.61 Å². The minimum Gasteiger partial charge on any atom is -0.508 e. The first-order valence-corrected chi connectivity index (χ1v) is 12.4. The number of pyridine rings is 1. The third-order valence-electron chi connectivity index (χ3n) is 6.72. The van der Waals surface area contributed by atoms with Gasteiger partial charge < -0.3 is 15.2 Å². The van der Waals surface area contributed by atoms with Crippen molar-refractivity contribution in [1.29, 1.82) is 0 Å². The largest absolute Gasteiger partial charge is 0.508 e. The van der Waals surface area contributed by atoms with E-state index in [0.717, 1.165) is 52.0 Å². The SMILES string of the molecule is CCc1cccc(C)c1NC(=O)COC(=O)c1c2c(nc3ccccc13)/C(=C/c1ccc(O)cc1)CC2. The zero-order chi connectivity index (χ0) is 25.9. The maximum absolute atomic E-state index is 13.4. The highest BCUT2D eigenvalue weighted by atomic mass is 16.5. The summed E-state index contributed by atoms with van der Waals surface area (Å²) in [4.78, 5) is 31.0.